The van der Waals surface area contributed by atoms with E-state index in [-0.39, 0.29) is 5.78 Å². The first-order valence-electron chi connectivity index (χ1n) is 13.8. The summed E-state index contributed by atoms with van der Waals surface area (Å²) in [4.78, 5) is 22.7. The maximum Gasteiger partial charge on any atom is 0.184 e. The van der Waals surface area contributed by atoms with Crippen molar-refractivity contribution in [3.63, 3.8) is 0 Å². The van der Waals surface area contributed by atoms with Crippen molar-refractivity contribution < 1.29 is 4.79 Å². The van der Waals surface area contributed by atoms with Crippen LogP contribution >= 0.6 is 0 Å². The molecule has 0 aliphatic heterocycles. The summed E-state index contributed by atoms with van der Waals surface area (Å²) in [6.07, 6.45) is 5.23. The largest absolute Gasteiger partial charge is 0.383 e. The summed E-state index contributed by atoms with van der Waals surface area (Å²) in [6.45, 7) is 18.0. The Morgan fingerprint density at radius 3 is 1.81 bits per heavy atom. The molecule has 0 amide bonds. The van der Waals surface area contributed by atoms with Gasteiger partial charge in [0.15, 0.2) is 5.78 Å². The number of hydrogen-bond donors (Lipinski definition) is 1. The van der Waals surface area contributed by atoms with Gasteiger partial charge in [-0.3, -0.25) is 4.79 Å². The first-order valence-corrected chi connectivity index (χ1v) is 13.8. The molecule has 0 radical (unpaired) electrons. The van der Waals surface area contributed by atoms with Crippen LogP contribution in [0.25, 0.3) is 0 Å². The molecule has 1 N–H and O–H groups in total. The second kappa shape index (κ2) is 13.3. The Morgan fingerprint density at radius 1 is 0.784 bits per heavy atom. The van der Waals surface area contributed by atoms with Crippen LogP contribution in [-0.2, 0) is 11.2 Å². The Kier molecular flexibility index (Phi) is 10.1. The van der Waals surface area contributed by atoms with Crippen molar-refractivity contribution >= 4 is 28.6 Å². The molecule has 0 heterocycles. The Hall–Kier alpha value is -3.34. The predicted octanol–water partition coefficient (Wildman–Crippen LogP) is 6.86. The molecule has 0 aromatic heterocycles. The van der Waals surface area contributed by atoms with Gasteiger partial charge in [-0.15, -0.1) is 0 Å². The van der Waals surface area contributed by atoms with Crippen molar-refractivity contribution in [3.8, 4) is 0 Å². The van der Waals surface area contributed by atoms with Crippen LogP contribution in [0.5, 0.6) is 0 Å². The third-order valence-corrected chi connectivity index (χ3v) is 6.77. The lowest BCUT2D eigenvalue weighted by atomic mass is 9.94. The molecule has 1 aliphatic carbocycles. The van der Waals surface area contributed by atoms with Gasteiger partial charge in [0, 0.05) is 61.2 Å². The number of allylic oxidation sites excluding steroid dienone is 3. The molecule has 198 valence electrons. The van der Waals surface area contributed by atoms with Crippen LogP contribution in [0, 0.1) is 0 Å². The number of carbonyl (C=O) groups is 1. The zero-order chi connectivity index (χ0) is 26.9. The van der Waals surface area contributed by atoms with E-state index in [2.05, 4.69) is 112 Å². The van der Waals surface area contributed by atoms with Gasteiger partial charge in [0.1, 0.15) is 0 Å². The number of hydrogen-bond acceptors (Lipinski definition) is 5. The number of nitrogens with zero attached hydrogens (tertiary/aromatic N) is 3. The molecule has 5 nitrogen and oxygen atoms in total. The van der Waals surface area contributed by atoms with Crippen LogP contribution in [0.3, 0.4) is 0 Å². The molecule has 5 heteroatoms. The molecule has 0 fully saturated rings. The molecule has 2 aromatic rings. The lowest BCUT2D eigenvalue weighted by Gasteiger charge is -2.27. The second-order valence-electron chi connectivity index (χ2n) is 10.1. The third kappa shape index (κ3) is 7.34. The van der Waals surface area contributed by atoms with Crippen molar-refractivity contribution in [2.45, 2.75) is 73.4 Å². The number of aliphatic imine (C=N–C) groups is 1. The van der Waals surface area contributed by atoms with Crippen LogP contribution < -0.4 is 15.1 Å². The lowest BCUT2D eigenvalue weighted by molar-refractivity contribution is -0.111. The third-order valence-electron chi connectivity index (χ3n) is 6.77. The van der Waals surface area contributed by atoms with Gasteiger partial charge < -0.3 is 15.1 Å². The topological polar surface area (TPSA) is 47.9 Å². The zero-order valence-corrected chi connectivity index (χ0v) is 23.7. The van der Waals surface area contributed by atoms with Gasteiger partial charge in [-0.2, -0.15) is 0 Å². The van der Waals surface area contributed by atoms with Crippen LogP contribution in [0.1, 0.15) is 60.5 Å². The average molecular weight is 501 g/mol. The summed E-state index contributed by atoms with van der Waals surface area (Å²) in [6, 6.07) is 17.8. The smallest absolute Gasteiger partial charge is 0.184 e. The zero-order valence-electron chi connectivity index (χ0n) is 23.7. The minimum Gasteiger partial charge on any atom is -0.383 e. The Morgan fingerprint density at radius 2 is 1.32 bits per heavy atom. The average Bonchev–Trinajstić information content (AvgIpc) is 2.87. The Labute approximate surface area is 224 Å². The maximum atomic E-state index is 13.0. The quantitative estimate of drug-likeness (QED) is 0.323. The standard InChI is InChI=1S/C32H44N4O/c1-8-19-33-30-22-32(37)26(20-25-11-15-28(16-12-25)35(9-2)23(4)5)21-31(30)34-27-13-17-29(18-14-27)36(10-3)24(6)7/h11-18,21-24,33H,8-10,19-20H2,1-7H3. The van der Waals surface area contributed by atoms with Crippen molar-refractivity contribution in [1.29, 1.82) is 0 Å². The highest BCUT2D eigenvalue weighted by atomic mass is 16.1. The number of nitrogens with one attached hydrogen (secondary N) is 1. The number of ketones is 1. The van der Waals surface area contributed by atoms with E-state index >= 15 is 0 Å². The molecule has 0 saturated heterocycles. The highest BCUT2D eigenvalue weighted by Gasteiger charge is 2.20. The van der Waals surface area contributed by atoms with Gasteiger partial charge in [-0.05, 0) is 96.0 Å². The maximum absolute atomic E-state index is 13.0. The minimum absolute atomic E-state index is 0.0462. The van der Waals surface area contributed by atoms with Crippen molar-refractivity contribution in [1.82, 2.24) is 5.32 Å². The SMILES string of the molecule is CCCNC1=CC(=O)C(Cc2ccc(N(CC)C(C)C)cc2)=CC1=Nc1ccc(N(CC)C(C)C)cc1. The molecule has 0 saturated carbocycles. The summed E-state index contributed by atoms with van der Waals surface area (Å²) in [5.74, 6) is 0.0462. The molecule has 3 rings (SSSR count). The van der Waals surface area contributed by atoms with Crippen molar-refractivity contribution in [2.75, 3.05) is 29.4 Å². The highest BCUT2D eigenvalue weighted by molar-refractivity contribution is 6.22. The minimum atomic E-state index is 0.0462. The normalized spacial score (nSPS) is 14.7. The molecule has 0 unspecified atom stereocenters. The van der Waals surface area contributed by atoms with E-state index in [0.29, 0.717) is 18.5 Å². The van der Waals surface area contributed by atoms with Crippen LogP contribution in [0.2, 0.25) is 0 Å². The fourth-order valence-corrected chi connectivity index (χ4v) is 4.82. The van der Waals surface area contributed by atoms with Gasteiger partial charge in [0.2, 0.25) is 0 Å². The molecule has 2 aromatic carbocycles. The fraction of sp³-hybridized carbons (Fsp3) is 0.438. The number of rotatable bonds is 12. The van der Waals surface area contributed by atoms with Crippen LogP contribution in [-0.4, -0.2) is 43.2 Å². The Bertz CT molecular complexity index is 1120. The molecule has 0 spiro atoms. The van der Waals surface area contributed by atoms with E-state index < -0.39 is 0 Å². The van der Waals surface area contributed by atoms with E-state index in [1.54, 1.807) is 6.08 Å². The summed E-state index contributed by atoms with van der Waals surface area (Å²) >= 11 is 0. The lowest BCUT2D eigenvalue weighted by Crippen LogP contribution is -2.30. The van der Waals surface area contributed by atoms with E-state index in [9.17, 15) is 4.79 Å². The Balaban J connectivity index is 1.87. The molecule has 0 bridgehead atoms. The van der Waals surface area contributed by atoms with E-state index in [4.69, 9.17) is 4.99 Å². The predicted molar refractivity (Wildman–Crippen MR) is 159 cm³/mol. The summed E-state index contributed by atoms with van der Waals surface area (Å²) in [5.41, 5.74) is 6.77. The van der Waals surface area contributed by atoms with Gasteiger partial charge in [-0.25, -0.2) is 4.99 Å². The fourth-order valence-electron chi connectivity index (χ4n) is 4.82. The monoisotopic (exact) mass is 500 g/mol. The molecular weight excluding hydrogens is 456 g/mol. The number of benzene rings is 2. The van der Waals surface area contributed by atoms with Gasteiger partial charge in [0.25, 0.3) is 0 Å². The second-order valence-corrected chi connectivity index (χ2v) is 10.1. The number of anilines is 2. The summed E-state index contributed by atoms with van der Waals surface area (Å²) in [7, 11) is 0. The van der Waals surface area contributed by atoms with Gasteiger partial charge in [-0.1, -0.05) is 19.1 Å². The summed E-state index contributed by atoms with van der Waals surface area (Å²) in [5, 5.41) is 3.40. The highest BCUT2D eigenvalue weighted by Crippen LogP contribution is 2.25. The van der Waals surface area contributed by atoms with Crippen molar-refractivity contribution in [2.24, 2.45) is 4.99 Å². The van der Waals surface area contributed by atoms with Gasteiger partial charge in [0.05, 0.1) is 17.1 Å². The van der Waals surface area contributed by atoms with Crippen LogP contribution in [0.4, 0.5) is 17.1 Å². The number of carbonyl (C=O) groups excluding carboxylic acids is 1. The first-order chi connectivity index (χ1) is 17.8. The molecule has 0 atom stereocenters. The first kappa shape index (κ1) is 28.2. The van der Waals surface area contributed by atoms with Crippen molar-refractivity contribution in [3.05, 3.63) is 77.5 Å². The van der Waals surface area contributed by atoms with E-state index in [0.717, 1.165) is 54.3 Å². The summed E-state index contributed by atoms with van der Waals surface area (Å²) < 4.78 is 0. The molecular formula is C32H44N4O. The molecule has 37 heavy (non-hydrogen) atoms. The van der Waals surface area contributed by atoms with E-state index in [1.165, 1.54) is 11.4 Å². The van der Waals surface area contributed by atoms with Crippen LogP contribution in [0.15, 0.2) is 76.9 Å². The van der Waals surface area contributed by atoms with E-state index in [1.807, 2.05) is 6.08 Å². The van der Waals surface area contributed by atoms with Gasteiger partial charge >= 0.3 is 0 Å². The molecule has 1 aliphatic rings.